The van der Waals surface area contributed by atoms with Gasteiger partial charge in [-0.15, -0.1) is 0 Å². The summed E-state index contributed by atoms with van der Waals surface area (Å²) in [5.74, 6) is 3.62. The molecule has 7 atom stereocenters. The Kier molecular flexibility index (Phi) is 10.9. The lowest BCUT2D eigenvalue weighted by atomic mass is 9.44. The maximum Gasteiger partial charge on any atom is 0.306 e. The van der Waals surface area contributed by atoms with Crippen LogP contribution in [0.3, 0.4) is 0 Å². The second-order valence-electron chi connectivity index (χ2n) is 12.2. The molecule has 1 aromatic carbocycles. The van der Waals surface area contributed by atoms with Crippen molar-refractivity contribution in [2.24, 2.45) is 40.4 Å². The summed E-state index contributed by atoms with van der Waals surface area (Å²) >= 11 is 0. The number of hydrogen-bond donors (Lipinski definition) is 0. The molecule has 0 saturated heterocycles. The summed E-state index contributed by atoms with van der Waals surface area (Å²) in [5.41, 5.74) is 1.66. The Labute approximate surface area is 227 Å². The van der Waals surface area contributed by atoms with Crippen molar-refractivity contribution >= 4 is 11.8 Å². The summed E-state index contributed by atoms with van der Waals surface area (Å²) in [7, 11) is 0. The van der Waals surface area contributed by atoms with Gasteiger partial charge >= 0.3 is 5.97 Å². The third-order valence-corrected chi connectivity index (χ3v) is 10.7. The second-order valence-corrected chi connectivity index (χ2v) is 12.2. The largest absolute Gasteiger partial charge is 0.461 e. The first-order valence-corrected chi connectivity index (χ1v) is 15.6. The first-order chi connectivity index (χ1) is 17.9. The molecular weight excluding hydrogens is 456 g/mol. The molecule has 0 amide bonds. The SMILES string of the molecule is CC.CC.C[C@]12CCC3[C@@H](CC(=O)[C@@H]4CCCC[C@]34C)C1CCC2CCCC(=O)OCc1ccccc1. The molecule has 0 N–H and O–H groups in total. The van der Waals surface area contributed by atoms with Crippen LogP contribution in [0.2, 0.25) is 0 Å². The molecule has 4 aliphatic carbocycles. The molecule has 0 aliphatic heterocycles. The maximum atomic E-state index is 13.2. The minimum Gasteiger partial charge on any atom is -0.461 e. The lowest BCUT2D eigenvalue weighted by Gasteiger charge is -2.59. The Morgan fingerprint density at radius 1 is 0.892 bits per heavy atom. The third-order valence-electron chi connectivity index (χ3n) is 10.7. The Balaban J connectivity index is 0.000000907. The van der Waals surface area contributed by atoms with E-state index in [1.807, 2.05) is 58.0 Å². The van der Waals surface area contributed by atoms with Crippen LogP contribution in [-0.2, 0) is 20.9 Å². The van der Waals surface area contributed by atoms with Crippen molar-refractivity contribution in [3.63, 3.8) is 0 Å². The molecule has 4 saturated carbocycles. The summed E-state index contributed by atoms with van der Waals surface area (Å²) in [5, 5.41) is 0. The fraction of sp³-hybridized carbons (Fsp3) is 0.765. The molecule has 0 spiro atoms. The number of hydrogen-bond acceptors (Lipinski definition) is 3. The van der Waals surface area contributed by atoms with Gasteiger partial charge in [0.2, 0.25) is 0 Å². The van der Waals surface area contributed by atoms with Crippen LogP contribution in [0.1, 0.15) is 124 Å². The summed E-state index contributed by atoms with van der Waals surface area (Å²) in [6.07, 6.45) is 13.6. The molecule has 3 nitrogen and oxygen atoms in total. The van der Waals surface area contributed by atoms with Gasteiger partial charge in [-0.3, -0.25) is 9.59 Å². The minimum absolute atomic E-state index is 0.0728. The normalized spacial score (nSPS) is 35.9. The number of ether oxygens (including phenoxy) is 1. The van der Waals surface area contributed by atoms with E-state index in [-0.39, 0.29) is 11.4 Å². The van der Waals surface area contributed by atoms with Crippen LogP contribution < -0.4 is 0 Å². The van der Waals surface area contributed by atoms with Crippen molar-refractivity contribution in [2.45, 2.75) is 125 Å². The molecule has 37 heavy (non-hydrogen) atoms. The van der Waals surface area contributed by atoms with Gasteiger partial charge in [0.05, 0.1) is 0 Å². The fourth-order valence-corrected chi connectivity index (χ4v) is 8.98. The number of ketones is 1. The fourth-order valence-electron chi connectivity index (χ4n) is 8.98. The molecule has 5 rings (SSSR count). The van der Waals surface area contributed by atoms with Crippen LogP contribution in [0.4, 0.5) is 0 Å². The number of fused-ring (bicyclic) bond motifs is 5. The number of esters is 1. The molecule has 0 heterocycles. The van der Waals surface area contributed by atoms with Crippen molar-refractivity contribution in [1.82, 2.24) is 0 Å². The van der Waals surface area contributed by atoms with Crippen LogP contribution in [0.25, 0.3) is 0 Å². The van der Waals surface area contributed by atoms with E-state index in [1.165, 1.54) is 44.9 Å². The Hall–Kier alpha value is -1.64. The number of carbonyl (C=O) groups is 2. The average Bonchev–Trinajstić information content (AvgIpc) is 3.27. The number of carbonyl (C=O) groups excluding carboxylic acids is 2. The maximum absolute atomic E-state index is 13.2. The highest BCUT2D eigenvalue weighted by Crippen LogP contribution is 2.67. The van der Waals surface area contributed by atoms with Crippen molar-refractivity contribution in [1.29, 1.82) is 0 Å². The van der Waals surface area contributed by atoms with E-state index in [4.69, 9.17) is 4.74 Å². The van der Waals surface area contributed by atoms with Crippen molar-refractivity contribution in [3.8, 4) is 0 Å². The zero-order valence-electron chi connectivity index (χ0n) is 24.7. The summed E-state index contributed by atoms with van der Waals surface area (Å²) in [6.45, 7) is 13.4. The van der Waals surface area contributed by atoms with Crippen LogP contribution >= 0.6 is 0 Å². The van der Waals surface area contributed by atoms with Gasteiger partial charge in [0.15, 0.2) is 0 Å². The van der Waals surface area contributed by atoms with Crippen LogP contribution in [0.15, 0.2) is 30.3 Å². The van der Waals surface area contributed by atoms with Gasteiger partial charge in [-0.1, -0.05) is 84.7 Å². The molecule has 3 unspecified atom stereocenters. The van der Waals surface area contributed by atoms with Crippen LogP contribution in [0, 0.1) is 40.4 Å². The highest BCUT2D eigenvalue weighted by molar-refractivity contribution is 5.83. The van der Waals surface area contributed by atoms with E-state index in [9.17, 15) is 9.59 Å². The highest BCUT2D eigenvalue weighted by Gasteiger charge is 2.61. The topological polar surface area (TPSA) is 43.4 Å². The predicted molar refractivity (Wildman–Crippen MR) is 153 cm³/mol. The number of rotatable bonds is 6. The first kappa shape index (κ1) is 29.9. The van der Waals surface area contributed by atoms with Crippen molar-refractivity contribution < 1.29 is 14.3 Å². The molecule has 4 fully saturated rings. The quantitative estimate of drug-likeness (QED) is 0.358. The molecule has 208 valence electrons. The summed E-state index contributed by atoms with van der Waals surface area (Å²) in [6, 6.07) is 9.92. The van der Waals surface area contributed by atoms with Crippen molar-refractivity contribution in [2.75, 3.05) is 0 Å². The second kappa shape index (κ2) is 13.4. The van der Waals surface area contributed by atoms with Gasteiger partial charge in [-0.25, -0.2) is 0 Å². The van der Waals surface area contributed by atoms with Crippen LogP contribution in [-0.4, -0.2) is 11.8 Å². The number of Topliss-reactive ketones (excluding diaryl/α,β-unsaturated/α-hetero) is 1. The lowest BCUT2D eigenvalue weighted by Crippen LogP contribution is -2.55. The molecule has 4 aliphatic rings. The van der Waals surface area contributed by atoms with Gasteiger partial charge in [0.1, 0.15) is 12.4 Å². The van der Waals surface area contributed by atoms with E-state index in [1.54, 1.807) is 0 Å². The lowest BCUT2D eigenvalue weighted by molar-refractivity contribution is -0.154. The Morgan fingerprint density at radius 3 is 2.32 bits per heavy atom. The van der Waals surface area contributed by atoms with Gasteiger partial charge in [0, 0.05) is 18.8 Å². The van der Waals surface area contributed by atoms with Crippen LogP contribution in [0.5, 0.6) is 0 Å². The molecule has 0 bridgehead atoms. The molecular formula is C34H54O3. The van der Waals surface area contributed by atoms with E-state index in [0.717, 1.165) is 37.2 Å². The van der Waals surface area contributed by atoms with Gasteiger partial charge in [0.25, 0.3) is 0 Å². The van der Waals surface area contributed by atoms with E-state index >= 15 is 0 Å². The van der Waals surface area contributed by atoms with Gasteiger partial charge in [-0.2, -0.15) is 0 Å². The van der Waals surface area contributed by atoms with Crippen molar-refractivity contribution in [3.05, 3.63) is 35.9 Å². The summed E-state index contributed by atoms with van der Waals surface area (Å²) < 4.78 is 5.49. The third kappa shape index (κ3) is 6.17. The van der Waals surface area contributed by atoms with E-state index in [0.29, 0.717) is 47.9 Å². The Morgan fingerprint density at radius 2 is 1.59 bits per heavy atom. The standard InChI is InChI=1S/C30H42O3.2C2H6/c1-29-18-16-25-23(19-27(31)26-12-6-7-17-30(25,26)2)24(29)15-14-22(29)11-8-13-28(32)33-20-21-9-4-3-5-10-21;2*1-2/h3-5,9-10,22-26H,6-8,11-20H2,1-2H3;2*1-2H3/t22?,23-,24?,25?,26-,29+,30+;;/m0../s1. The smallest absolute Gasteiger partial charge is 0.306 e. The molecule has 0 aromatic heterocycles. The molecule has 1 aromatic rings. The predicted octanol–water partition coefficient (Wildman–Crippen LogP) is 9.18. The van der Waals surface area contributed by atoms with E-state index in [2.05, 4.69) is 13.8 Å². The highest BCUT2D eigenvalue weighted by atomic mass is 16.5. The van der Waals surface area contributed by atoms with E-state index < -0.39 is 0 Å². The summed E-state index contributed by atoms with van der Waals surface area (Å²) in [4.78, 5) is 25.5. The molecule has 3 heteroatoms. The molecule has 0 radical (unpaired) electrons. The monoisotopic (exact) mass is 510 g/mol. The first-order valence-electron chi connectivity index (χ1n) is 15.6. The zero-order valence-corrected chi connectivity index (χ0v) is 24.7. The van der Waals surface area contributed by atoms with Gasteiger partial charge in [-0.05, 0) is 91.4 Å². The minimum atomic E-state index is -0.0728. The zero-order chi connectivity index (χ0) is 27.1. The average molecular weight is 511 g/mol. The van der Waals surface area contributed by atoms with Gasteiger partial charge < -0.3 is 4.74 Å². The Bertz CT molecular complexity index is 863. The number of benzene rings is 1.